The van der Waals surface area contributed by atoms with E-state index in [2.05, 4.69) is 15.5 Å². The van der Waals surface area contributed by atoms with E-state index in [1.165, 1.54) is 64.7 Å². The first-order chi connectivity index (χ1) is 14.6. The minimum Gasteiger partial charge on any atom is -0.693 e. The topological polar surface area (TPSA) is 282 Å². The Morgan fingerprint density at radius 1 is 0.667 bits per heavy atom. The maximum Gasteiger partial charge on any atom is 0.303 e. The minimum atomic E-state index is -0.711. The molecule has 0 aliphatic heterocycles. The SMILES string of the molecule is CCCC(=O)O.CCCCOO.[NH-]CCCCCC[NH2+]CC[NH2+]CCCCCC[NH-].[NH2-].[NH2-].[NH2-].[NH2-].[Pt].[Pt]. The largest absolute Gasteiger partial charge is 0.693 e. The second-order valence-electron chi connectivity index (χ2n) is 7.39. The van der Waals surface area contributed by atoms with Gasteiger partial charge < -0.3 is 51.8 Å². The first kappa shape index (κ1) is 60.8. The molecule has 0 saturated heterocycles. The van der Waals surface area contributed by atoms with Crippen molar-refractivity contribution in [2.24, 2.45) is 0 Å². The fourth-order valence-electron chi connectivity index (χ4n) is 2.48. The number of rotatable bonds is 20. The smallest absolute Gasteiger partial charge is 0.303 e. The van der Waals surface area contributed by atoms with Crippen molar-refractivity contribution in [3.05, 3.63) is 36.1 Å². The van der Waals surface area contributed by atoms with Crippen molar-refractivity contribution >= 4 is 5.97 Å². The van der Waals surface area contributed by atoms with Crippen molar-refractivity contribution in [1.29, 1.82) is 0 Å². The van der Waals surface area contributed by atoms with Crippen LogP contribution in [0.25, 0.3) is 36.1 Å². The van der Waals surface area contributed by atoms with E-state index in [0.717, 1.165) is 32.1 Å². The van der Waals surface area contributed by atoms with E-state index >= 15 is 0 Å². The molecule has 236 valence electrons. The van der Waals surface area contributed by atoms with Crippen LogP contribution in [0.4, 0.5) is 0 Å². The van der Waals surface area contributed by atoms with Crippen molar-refractivity contribution in [3.63, 3.8) is 0 Å². The van der Waals surface area contributed by atoms with Crippen molar-refractivity contribution < 1.29 is 72.8 Å². The van der Waals surface area contributed by atoms with Gasteiger partial charge in [0.1, 0.15) is 13.1 Å². The van der Waals surface area contributed by atoms with Crippen LogP contribution in [0.5, 0.6) is 0 Å². The molecule has 0 heterocycles. The summed E-state index contributed by atoms with van der Waals surface area (Å²) in [5.41, 5.74) is 14.1. The summed E-state index contributed by atoms with van der Waals surface area (Å²) in [7, 11) is 0. The van der Waals surface area contributed by atoms with Crippen molar-refractivity contribution in [2.75, 3.05) is 45.9 Å². The molecule has 0 unspecified atom stereocenters. The summed E-state index contributed by atoms with van der Waals surface area (Å²) in [6.45, 7) is 10.5. The molecular weight excluding hydrogens is 830 g/mol. The Kier molecular flexibility index (Phi) is 110. The maximum atomic E-state index is 9.60. The van der Waals surface area contributed by atoms with Gasteiger partial charge in [-0.1, -0.05) is 46.0 Å². The molecule has 0 amide bonds. The fraction of sp³-hybridized carbons (Fsp3) is 0.955. The molecule has 0 radical (unpaired) electrons. The monoisotopic (exact) mass is 890 g/mol. The van der Waals surface area contributed by atoms with Gasteiger partial charge in [0.25, 0.3) is 0 Å². The van der Waals surface area contributed by atoms with E-state index in [-0.39, 0.29) is 66.7 Å². The van der Waals surface area contributed by atoms with Crippen LogP contribution >= 0.6 is 0 Å². The van der Waals surface area contributed by atoms with Gasteiger partial charge in [-0.25, -0.2) is 4.89 Å². The predicted octanol–water partition coefficient (Wildman–Crippen LogP) is 6.35. The number of hydrogen-bond acceptors (Lipinski definition) is 3. The predicted molar refractivity (Wildman–Crippen MR) is 146 cm³/mol. The number of hydrogen-bond donors (Lipinski definition) is 4. The summed E-state index contributed by atoms with van der Waals surface area (Å²) in [5.74, 6) is -0.711. The first-order valence-electron chi connectivity index (χ1n) is 12.0. The zero-order valence-corrected chi connectivity index (χ0v) is 27.3. The van der Waals surface area contributed by atoms with Gasteiger partial charge in [0.2, 0.25) is 0 Å². The number of quaternary nitrogens is 2. The summed E-state index contributed by atoms with van der Waals surface area (Å²) >= 11 is 0. The fourth-order valence-corrected chi connectivity index (χ4v) is 2.48. The normalized spacial score (nSPS) is 8.36. The third-order valence-electron chi connectivity index (χ3n) is 4.30. The standard InChI is InChI=1S/C14H32N4.C4H10O2.C4H8O2.4H2N.2Pt/c15-9-5-1-3-7-11-17-13-14-18-12-8-4-2-6-10-16;1-2-3-4-6-5;1-2-3-4(5)6;;;;;;/h15-18H,1-14H2;5H,2-4H2,1H3;2-3H2,1H3,(H,5,6);4*1H2;;/q-2;;;4*-1;;/p+2. The quantitative estimate of drug-likeness (QED) is 0.0618. The molecule has 0 fully saturated rings. The zero-order chi connectivity index (χ0) is 23.1. The van der Waals surface area contributed by atoms with Gasteiger partial charge in [0.05, 0.1) is 19.7 Å². The Bertz CT molecular complexity index is 299. The van der Waals surface area contributed by atoms with Crippen LogP contribution in [-0.4, -0.2) is 62.2 Å². The molecular formula is C22H60N8O4Pt2-4. The van der Waals surface area contributed by atoms with Crippen LogP contribution in [0.15, 0.2) is 0 Å². The van der Waals surface area contributed by atoms with Crippen LogP contribution < -0.4 is 10.6 Å². The molecule has 12 nitrogen and oxygen atoms in total. The number of nitrogens with two attached hydrogens (primary N) is 6. The molecule has 0 atom stereocenters. The average Bonchev–Trinajstić information content (AvgIpc) is 2.73. The Morgan fingerprint density at radius 3 is 1.28 bits per heavy atom. The second kappa shape index (κ2) is 65.0. The van der Waals surface area contributed by atoms with Gasteiger partial charge in [-0.3, -0.25) is 10.1 Å². The van der Waals surface area contributed by atoms with Crippen LogP contribution in [0, 0.1) is 0 Å². The van der Waals surface area contributed by atoms with Gasteiger partial charge in [0.15, 0.2) is 0 Å². The van der Waals surface area contributed by atoms with Gasteiger partial charge >= 0.3 is 5.97 Å². The van der Waals surface area contributed by atoms with Crippen LogP contribution in [0.3, 0.4) is 0 Å². The van der Waals surface area contributed by atoms with E-state index in [4.69, 9.17) is 21.8 Å². The molecule has 14 heteroatoms. The molecule has 0 spiro atoms. The number of unbranched alkanes of at least 4 members (excludes halogenated alkanes) is 7. The van der Waals surface area contributed by atoms with Crippen LogP contribution in [-0.2, 0) is 51.8 Å². The zero-order valence-electron chi connectivity index (χ0n) is 22.7. The Labute approximate surface area is 250 Å². The first-order valence-corrected chi connectivity index (χ1v) is 12.0. The molecule has 0 aliphatic rings. The molecule has 0 aromatic carbocycles. The Balaban J connectivity index is -0.0000000493. The molecule has 0 aliphatic carbocycles. The van der Waals surface area contributed by atoms with Gasteiger partial charge in [0, 0.05) is 48.6 Å². The molecule has 0 aromatic rings. The molecule has 0 aromatic heterocycles. The number of carbonyl (C=O) groups is 1. The summed E-state index contributed by atoms with van der Waals surface area (Å²) in [6, 6.07) is 0. The Hall–Kier alpha value is 0.447. The van der Waals surface area contributed by atoms with Crippen molar-refractivity contribution in [1.82, 2.24) is 0 Å². The number of nitrogens with one attached hydrogen (secondary N) is 2. The minimum absolute atomic E-state index is 0. The number of aliphatic carboxylic acids is 1. The van der Waals surface area contributed by atoms with Crippen molar-refractivity contribution in [3.8, 4) is 0 Å². The average molecular weight is 891 g/mol. The second-order valence-corrected chi connectivity index (χ2v) is 7.39. The van der Waals surface area contributed by atoms with Gasteiger partial charge in [-0.15, -0.1) is 0 Å². The van der Waals surface area contributed by atoms with E-state index in [1.807, 2.05) is 13.8 Å². The number of carboxylic acid groups (broad SMARTS) is 1. The summed E-state index contributed by atoms with van der Waals surface area (Å²) < 4.78 is 0. The summed E-state index contributed by atoms with van der Waals surface area (Å²) in [6.07, 6.45) is 12.9. The maximum absolute atomic E-state index is 9.60. The van der Waals surface area contributed by atoms with E-state index in [9.17, 15) is 4.79 Å². The van der Waals surface area contributed by atoms with E-state index in [1.54, 1.807) is 0 Å². The molecule has 36 heavy (non-hydrogen) atoms. The van der Waals surface area contributed by atoms with E-state index in [0.29, 0.717) is 26.1 Å². The summed E-state index contributed by atoms with van der Waals surface area (Å²) in [4.78, 5) is 13.4. The molecule has 0 saturated carbocycles. The third kappa shape index (κ3) is 83.8. The van der Waals surface area contributed by atoms with Gasteiger partial charge in [-0.05, 0) is 38.5 Å². The Morgan fingerprint density at radius 2 is 1.06 bits per heavy atom. The summed E-state index contributed by atoms with van der Waals surface area (Å²) in [5, 5.41) is 20.5. The molecule has 0 bridgehead atoms. The van der Waals surface area contributed by atoms with E-state index < -0.39 is 5.97 Å². The number of carboxylic acids is 1. The van der Waals surface area contributed by atoms with Crippen LogP contribution in [0.2, 0.25) is 0 Å². The van der Waals surface area contributed by atoms with Crippen LogP contribution in [0.1, 0.15) is 90.9 Å². The molecule has 0 rings (SSSR count). The van der Waals surface area contributed by atoms with Crippen molar-refractivity contribution in [2.45, 2.75) is 90.9 Å². The molecule has 16 N–H and O–H groups in total. The van der Waals surface area contributed by atoms with Gasteiger partial charge in [-0.2, -0.15) is 13.1 Å². The third-order valence-corrected chi connectivity index (χ3v) is 4.30.